The lowest BCUT2D eigenvalue weighted by Crippen LogP contribution is -1.98. The fourth-order valence-corrected chi connectivity index (χ4v) is 1.07. The fourth-order valence-electron chi connectivity index (χ4n) is 1.07. The zero-order chi connectivity index (χ0) is 9.26. The van der Waals surface area contributed by atoms with Gasteiger partial charge < -0.3 is 14.5 Å². The van der Waals surface area contributed by atoms with Gasteiger partial charge >= 0.3 is 5.97 Å². The second-order valence-electron chi connectivity index (χ2n) is 2.41. The van der Waals surface area contributed by atoms with Crippen molar-refractivity contribution in [2.75, 3.05) is 0 Å². The average molecular weight is 178 g/mol. The number of nitrogens with one attached hydrogen (secondary N) is 1. The number of rotatable bonds is 2. The molecule has 5 nitrogen and oxygen atoms in total. The summed E-state index contributed by atoms with van der Waals surface area (Å²) in [6.45, 7) is 0. The lowest BCUT2D eigenvalue weighted by atomic mass is 10.2. The molecule has 0 aliphatic rings. The summed E-state index contributed by atoms with van der Waals surface area (Å²) in [7, 11) is 0. The lowest BCUT2D eigenvalue weighted by molar-refractivity contribution is 0.0692. The van der Waals surface area contributed by atoms with Crippen LogP contribution in [0.1, 0.15) is 10.5 Å². The number of hydrogen-bond acceptors (Lipinski definition) is 3. The van der Waals surface area contributed by atoms with Crippen LogP contribution in [0.5, 0.6) is 0 Å². The zero-order valence-electron chi connectivity index (χ0n) is 6.52. The van der Waals surface area contributed by atoms with E-state index in [4.69, 9.17) is 9.52 Å². The van der Waals surface area contributed by atoms with Crippen LogP contribution in [0.15, 0.2) is 29.1 Å². The van der Waals surface area contributed by atoms with E-state index in [-0.39, 0.29) is 5.69 Å². The normalized spacial score (nSPS) is 10.2. The highest BCUT2D eigenvalue weighted by molar-refractivity contribution is 5.91. The van der Waals surface area contributed by atoms with Gasteiger partial charge in [-0.3, -0.25) is 0 Å². The second-order valence-corrected chi connectivity index (χ2v) is 2.41. The van der Waals surface area contributed by atoms with Gasteiger partial charge in [0.25, 0.3) is 0 Å². The van der Waals surface area contributed by atoms with Crippen LogP contribution in [-0.2, 0) is 0 Å². The first-order valence-electron chi connectivity index (χ1n) is 3.59. The second kappa shape index (κ2) is 2.78. The van der Waals surface area contributed by atoms with Gasteiger partial charge in [-0.2, -0.15) is 0 Å². The van der Waals surface area contributed by atoms with E-state index in [1.807, 2.05) is 0 Å². The molecule has 0 unspecified atom stereocenters. The Hall–Kier alpha value is -2.04. The number of furan rings is 1. The molecule has 0 saturated carbocycles. The van der Waals surface area contributed by atoms with Gasteiger partial charge in [0.1, 0.15) is 5.69 Å². The summed E-state index contributed by atoms with van der Waals surface area (Å²) in [5.74, 6) is -0.609. The minimum atomic E-state index is -1.08. The molecular formula is C8H6N2O3. The third-order valence-corrected chi connectivity index (χ3v) is 1.61. The average Bonchev–Trinajstić information content (AvgIpc) is 2.74. The van der Waals surface area contributed by atoms with Crippen LogP contribution in [0.25, 0.3) is 11.5 Å². The smallest absolute Gasteiger partial charge is 0.356 e. The first-order chi connectivity index (χ1) is 6.29. The predicted molar refractivity (Wildman–Crippen MR) is 43.2 cm³/mol. The van der Waals surface area contributed by atoms with Crippen molar-refractivity contribution in [2.24, 2.45) is 0 Å². The molecule has 2 heterocycles. The topological polar surface area (TPSA) is 79.1 Å². The summed E-state index contributed by atoms with van der Waals surface area (Å²) in [5.41, 5.74) is 0.354. The molecule has 0 spiro atoms. The zero-order valence-corrected chi connectivity index (χ0v) is 6.52. The molecule has 0 aromatic carbocycles. The van der Waals surface area contributed by atoms with Crippen molar-refractivity contribution >= 4 is 5.97 Å². The predicted octanol–water partition coefficient (Wildman–Crippen LogP) is 1.37. The summed E-state index contributed by atoms with van der Waals surface area (Å²) in [6.07, 6.45) is 2.79. The van der Waals surface area contributed by atoms with Crippen molar-refractivity contribution in [3.8, 4) is 11.5 Å². The van der Waals surface area contributed by atoms with E-state index in [0.29, 0.717) is 11.5 Å². The summed E-state index contributed by atoms with van der Waals surface area (Å²) in [5, 5.41) is 8.73. The number of hydrogen-bond donors (Lipinski definition) is 2. The molecule has 0 aliphatic heterocycles. The molecule has 0 aliphatic carbocycles. The van der Waals surface area contributed by atoms with Gasteiger partial charge in [0, 0.05) is 0 Å². The maximum atomic E-state index is 10.7. The monoisotopic (exact) mass is 178 g/mol. The summed E-state index contributed by atoms with van der Waals surface area (Å²) in [6, 6.07) is 3.35. The Morgan fingerprint density at radius 3 is 3.08 bits per heavy atom. The van der Waals surface area contributed by atoms with E-state index < -0.39 is 5.97 Å². The molecule has 2 aromatic heterocycles. The van der Waals surface area contributed by atoms with E-state index in [1.54, 1.807) is 12.1 Å². The van der Waals surface area contributed by atoms with Crippen LogP contribution in [0.3, 0.4) is 0 Å². The van der Waals surface area contributed by atoms with E-state index >= 15 is 0 Å². The maximum absolute atomic E-state index is 10.7. The third-order valence-electron chi connectivity index (χ3n) is 1.61. The van der Waals surface area contributed by atoms with Crippen LogP contribution in [0.4, 0.5) is 0 Å². The Bertz CT molecular complexity index is 416. The molecule has 66 valence electrons. The van der Waals surface area contributed by atoms with Crippen molar-refractivity contribution in [3.05, 3.63) is 30.4 Å². The molecule has 5 heteroatoms. The van der Waals surface area contributed by atoms with Crippen LogP contribution < -0.4 is 0 Å². The van der Waals surface area contributed by atoms with E-state index in [2.05, 4.69) is 9.97 Å². The highest BCUT2D eigenvalue weighted by Crippen LogP contribution is 2.20. The molecule has 0 radical (unpaired) electrons. The fraction of sp³-hybridized carbons (Fsp3) is 0. The number of carboxylic acid groups (broad SMARTS) is 1. The van der Waals surface area contributed by atoms with Crippen LogP contribution in [0, 0.1) is 0 Å². The summed E-state index contributed by atoms with van der Waals surface area (Å²) in [4.78, 5) is 17.0. The largest absolute Gasteiger partial charge is 0.476 e. The molecule has 2 aromatic rings. The highest BCUT2D eigenvalue weighted by atomic mass is 16.4. The van der Waals surface area contributed by atoms with Gasteiger partial charge in [-0.1, -0.05) is 0 Å². The quantitative estimate of drug-likeness (QED) is 0.727. The molecule has 2 rings (SSSR count). The molecule has 0 saturated heterocycles. The number of carboxylic acids is 1. The van der Waals surface area contributed by atoms with E-state index in [9.17, 15) is 4.79 Å². The minimum Gasteiger partial charge on any atom is -0.476 e. The Balaban J connectivity index is 2.52. The van der Waals surface area contributed by atoms with Gasteiger partial charge in [0.2, 0.25) is 0 Å². The molecule has 0 atom stereocenters. The van der Waals surface area contributed by atoms with Gasteiger partial charge in [-0.25, -0.2) is 9.78 Å². The van der Waals surface area contributed by atoms with Gasteiger partial charge in [-0.05, 0) is 12.1 Å². The Morgan fingerprint density at radius 1 is 1.62 bits per heavy atom. The van der Waals surface area contributed by atoms with Gasteiger partial charge in [0.15, 0.2) is 11.5 Å². The van der Waals surface area contributed by atoms with Gasteiger partial charge in [-0.15, -0.1) is 0 Å². The number of imidazole rings is 1. The summed E-state index contributed by atoms with van der Waals surface area (Å²) < 4.78 is 5.03. The number of carbonyl (C=O) groups is 1. The first kappa shape index (κ1) is 7.60. The Morgan fingerprint density at radius 2 is 2.46 bits per heavy atom. The Labute approximate surface area is 73.0 Å². The Kier molecular flexibility index (Phi) is 1.63. The van der Waals surface area contributed by atoms with Gasteiger partial charge in [0.05, 0.1) is 12.6 Å². The van der Waals surface area contributed by atoms with Crippen molar-refractivity contribution in [3.63, 3.8) is 0 Å². The third kappa shape index (κ3) is 1.20. The van der Waals surface area contributed by atoms with E-state index in [0.717, 1.165) is 0 Å². The van der Waals surface area contributed by atoms with Crippen molar-refractivity contribution in [1.82, 2.24) is 9.97 Å². The maximum Gasteiger partial charge on any atom is 0.356 e. The van der Waals surface area contributed by atoms with Crippen LogP contribution in [-0.4, -0.2) is 21.0 Å². The standard InChI is InChI=1S/C8H6N2O3/c11-8(12)7-6(9-4-10-7)5-2-1-3-13-5/h1-4H,(H,9,10)(H,11,12). The molecule has 0 amide bonds. The number of nitrogens with zero attached hydrogens (tertiary/aromatic N) is 1. The number of aromatic amines is 1. The van der Waals surface area contributed by atoms with E-state index in [1.165, 1.54) is 12.6 Å². The lowest BCUT2D eigenvalue weighted by Gasteiger charge is -1.92. The molecule has 13 heavy (non-hydrogen) atoms. The number of aromatic nitrogens is 2. The highest BCUT2D eigenvalue weighted by Gasteiger charge is 2.15. The van der Waals surface area contributed by atoms with Crippen LogP contribution in [0.2, 0.25) is 0 Å². The van der Waals surface area contributed by atoms with Crippen molar-refractivity contribution < 1.29 is 14.3 Å². The number of H-pyrrole nitrogens is 1. The molecule has 0 bridgehead atoms. The minimum absolute atomic E-state index is 0.0325. The molecular weight excluding hydrogens is 172 g/mol. The molecule has 2 N–H and O–H groups in total. The SMILES string of the molecule is O=C(O)c1nc[nH]c1-c1ccco1. The molecule has 0 fully saturated rings. The van der Waals surface area contributed by atoms with Crippen molar-refractivity contribution in [1.29, 1.82) is 0 Å². The number of aromatic carboxylic acids is 1. The first-order valence-corrected chi connectivity index (χ1v) is 3.59. The summed E-state index contributed by atoms with van der Waals surface area (Å²) >= 11 is 0. The van der Waals surface area contributed by atoms with Crippen molar-refractivity contribution in [2.45, 2.75) is 0 Å². The van der Waals surface area contributed by atoms with Crippen LogP contribution >= 0.6 is 0 Å².